The van der Waals surface area contributed by atoms with Crippen molar-refractivity contribution >= 4 is 5.91 Å². The number of carbonyl (C=O) groups excluding carboxylic acids is 1. The van der Waals surface area contributed by atoms with E-state index in [2.05, 4.69) is 11.0 Å². The van der Waals surface area contributed by atoms with Crippen LogP contribution < -0.4 is 0 Å². The highest BCUT2D eigenvalue weighted by molar-refractivity contribution is 5.94. The third-order valence-electron chi connectivity index (χ3n) is 4.52. The van der Waals surface area contributed by atoms with Crippen molar-refractivity contribution in [2.24, 2.45) is 0 Å². The summed E-state index contributed by atoms with van der Waals surface area (Å²) >= 11 is 0. The average molecular weight is 355 g/mol. The molecular formula is C20H19F2N3O. The monoisotopic (exact) mass is 355 g/mol. The van der Waals surface area contributed by atoms with E-state index in [1.165, 1.54) is 0 Å². The number of hydrogen-bond acceptors (Lipinski definition) is 3. The molecule has 134 valence electrons. The van der Waals surface area contributed by atoms with Crippen LogP contribution in [0.5, 0.6) is 0 Å². The number of rotatable bonds is 3. The lowest BCUT2D eigenvalue weighted by atomic mass is 10.1. The second kappa shape index (κ2) is 8.07. The summed E-state index contributed by atoms with van der Waals surface area (Å²) in [5.74, 6) is -1.79. The molecule has 1 fully saturated rings. The minimum Gasteiger partial charge on any atom is -0.337 e. The Kier molecular flexibility index (Phi) is 5.59. The van der Waals surface area contributed by atoms with Gasteiger partial charge < -0.3 is 4.90 Å². The first-order valence-electron chi connectivity index (χ1n) is 8.52. The number of amides is 1. The number of carbonyl (C=O) groups is 1. The van der Waals surface area contributed by atoms with Gasteiger partial charge in [0, 0.05) is 32.7 Å². The van der Waals surface area contributed by atoms with Gasteiger partial charge >= 0.3 is 0 Å². The van der Waals surface area contributed by atoms with Gasteiger partial charge in [-0.25, -0.2) is 8.78 Å². The Labute approximate surface area is 151 Å². The Morgan fingerprint density at radius 1 is 1.04 bits per heavy atom. The van der Waals surface area contributed by atoms with E-state index < -0.39 is 17.5 Å². The zero-order valence-electron chi connectivity index (χ0n) is 14.3. The van der Waals surface area contributed by atoms with Gasteiger partial charge in [0.15, 0.2) is 0 Å². The molecule has 0 unspecified atom stereocenters. The van der Waals surface area contributed by atoms with Gasteiger partial charge in [-0.15, -0.1) is 0 Å². The van der Waals surface area contributed by atoms with Crippen molar-refractivity contribution in [2.45, 2.75) is 13.0 Å². The van der Waals surface area contributed by atoms with E-state index in [9.17, 15) is 13.6 Å². The zero-order chi connectivity index (χ0) is 18.5. The summed E-state index contributed by atoms with van der Waals surface area (Å²) in [5, 5.41) is 8.85. The van der Waals surface area contributed by atoms with Gasteiger partial charge in [0.1, 0.15) is 11.6 Å². The molecule has 6 heteroatoms. The average Bonchev–Trinajstić information content (AvgIpc) is 2.89. The van der Waals surface area contributed by atoms with Gasteiger partial charge in [-0.3, -0.25) is 9.69 Å². The maximum atomic E-state index is 13.9. The lowest BCUT2D eigenvalue weighted by molar-refractivity contribution is 0.0756. The topological polar surface area (TPSA) is 47.3 Å². The minimum absolute atomic E-state index is 0.217. The maximum Gasteiger partial charge on any atom is 0.256 e. The molecule has 1 amide bonds. The van der Waals surface area contributed by atoms with Gasteiger partial charge in [0.2, 0.25) is 0 Å². The molecule has 0 aliphatic carbocycles. The molecule has 3 rings (SSSR count). The third kappa shape index (κ3) is 4.24. The number of nitrogens with zero attached hydrogens (tertiary/aromatic N) is 3. The Morgan fingerprint density at radius 2 is 1.81 bits per heavy atom. The van der Waals surface area contributed by atoms with Crippen molar-refractivity contribution in [1.82, 2.24) is 9.80 Å². The van der Waals surface area contributed by atoms with Crippen LogP contribution in [0.1, 0.15) is 27.9 Å². The molecule has 1 aliphatic heterocycles. The quantitative estimate of drug-likeness (QED) is 0.850. The van der Waals surface area contributed by atoms with Gasteiger partial charge in [-0.05, 0) is 42.3 Å². The molecule has 0 saturated carbocycles. The highest BCUT2D eigenvalue weighted by Crippen LogP contribution is 2.15. The van der Waals surface area contributed by atoms with Crippen LogP contribution in [-0.2, 0) is 6.54 Å². The number of benzene rings is 2. The molecule has 0 spiro atoms. The number of halogens is 2. The third-order valence-corrected chi connectivity index (χ3v) is 4.52. The Morgan fingerprint density at radius 3 is 2.54 bits per heavy atom. The molecular weight excluding hydrogens is 336 g/mol. The second-order valence-corrected chi connectivity index (χ2v) is 6.35. The van der Waals surface area contributed by atoms with E-state index in [1.807, 2.05) is 12.1 Å². The van der Waals surface area contributed by atoms with Crippen molar-refractivity contribution in [3.05, 3.63) is 70.8 Å². The fourth-order valence-electron chi connectivity index (χ4n) is 3.11. The van der Waals surface area contributed by atoms with E-state index in [0.29, 0.717) is 25.2 Å². The van der Waals surface area contributed by atoms with Crippen molar-refractivity contribution in [1.29, 1.82) is 5.26 Å². The van der Waals surface area contributed by atoms with E-state index in [-0.39, 0.29) is 5.56 Å². The molecule has 1 saturated heterocycles. The first kappa shape index (κ1) is 18.0. The van der Waals surface area contributed by atoms with Crippen molar-refractivity contribution in [2.75, 3.05) is 26.2 Å². The van der Waals surface area contributed by atoms with Crippen LogP contribution in [0.4, 0.5) is 8.78 Å². The van der Waals surface area contributed by atoms with E-state index in [0.717, 1.165) is 43.3 Å². The summed E-state index contributed by atoms with van der Waals surface area (Å²) in [6, 6.07) is 12.5. The molecule has 26 heavy (non-hydrogen) atoms. The van der Waals surface area contributed by atoms with Crippen LogP contribution in [0.3, 0.4) is 0 Å². The molecule has 1 aliphatic rings. The van der Waals surface area contributed by atoms with Crippen molar-refractivity contribution < 1.29 is 13.6 Å². The van der Waals surface area contributed by atoms with Crippen LogP contribution >= 0.6 is 0 Å². The molecule has 2 aromatic rings. The number of nitriles is 1. The zero-order valence-corrected chi connectivity index (χ0v) is 14.3. The van der Waals surface area contributed by atoms with Gasteiger partial charge in [0.05, 0.1) is 17.2 Å². The molecule has 0 bridgehead atoms. The number of hydrogen-bond donors (Lipinski definition) is 0. The fraction of sp³-hybridized carbons (Fsp3) is 0.300. The first-order chi connectivity index (χ1) is 12.6. The molecule has 0 N–H and O–H groups in total. The lowest BCUT2D eigenvalue weighted by Crippen LogP contribution is -2.35. The smallest absolute Gasteiger partial charge is 0.256 e. The molecule has 0 aromatic heterocycles. The predicted molar refractivity (Wildman–Crippen MR) is 93.3 cm³/mol. The molecule has 0 radical (unpaired) electrons. The fourth-order valence-corrected chi connectivity index (χ4v) is 3.11. The second-order valence-electron chi connectivity index (χ2n) is 6.35. The predicted octanol–water partition coefficient (Wildman–Crippen LogP) is 3.18. The summed E-state index contributed by atoms with van der Waals surface area (Å²) in [5.41, 5.74) is 1.50. The molecule has 0 atom stereocenters. The van der Waals surface area contributed by atoms with Crippen LogP contribution in [0, 0.1) is 23.0 Å². The van der Waals surface area contributed by atoms with Crippen LogP contribution in [0.15, 0.2) is 42.5 Å². The standard InChI is InChI=1S/C20H19F2N3O/c21-17-6-7-19(22)18(12-17)20(26)25-9-1-8-24(10-11-25)14-16-4-2-15(13-23)3-5-16/h2-7,12H,1,8-11,14H2. The molecule has 4 nitrogen and oxygen atoms in total. The largest absolute Gasteiger partial charge is 0.337 e. The first-order valence-corrected chi connectivity index (χ1v) is 8.52. The van der Waals surface area contributed by atoms with E-state index in [1.54, 1.807) is 17.0 Å². The van der Waals surface area contributed by atoms with Gasteiger partial charge in [-0.1, -0.05) is 12.1 Å². The van der Waals surface area contributed by atoms with Crippen LogP contribution in [-0.4, -0.2) is 41.9 Å². The van der Waals surface area contributed by atoms with E-state index in [4.69, 9.17) is 5.26 Å². The maximum absolute atomic E-state index is 13.9. The van der Waals surface area contributed by atoms with Gasteiger partial charge in [-0.2, -0.15) is 5.26 Å². The van der Waals surface area contributed by atoms with Gasteiger partial charge in [0.25, 0.3) is 5.91 Å². The van der Waals surface area contributed by atoms with Crippen LogP contribution in [0.2, 0.25) is 0 Å². The normalized spacial score (nSPS) is 15.3. The summed E-state index contributed by atoms with van der Waals surface area (Å²) in [6.07, 6.45) is 0.763. The Bertz CT molecular complexity index is 830. The summed E-state index contributed by atoms with van der Waals surface area (Å²) in [7, 11) is 0. The highest BCUT2D eigenvalue weighted by atomic mass is 19.1. The summed E-state index contributed by atoms with van der Waals surface area (Å²) in [6.45, 7) is 3.17. The Hall–Kier alpha value is -2.78. The van der Waals surface area contributed by atoms with E-state index >= 15 is 0 Å². The summed E-state index contributed by atoms with van der Waals surface area (Å²) in [4.78, 5) is 16.3. The SMILES string of the molecule is N#Cc1ccc(CN2CCCN(C(=O)c3cc(F)ccc3F)CC2)cc1. The summed E-state index contributed by atoms with van der Waals surface area (Å²) < 4.78 is 27.2. The lowest BCUT2D eigenvalue weighted by Gasteiger charge is -2.22. The minimum atomic E-state index is -0.699. The Balaban J connectivity index is 1.63. The van der Waals surface area contributed by atoms with Crippen molar-refractivity contribution in [3.8, 4) is 6.07 Å². The van der Waals surface area contributed by atoms with Crippen LogP contribution in [0.25, 0.3) is 0 Å². The molecule has 1 heterocycles. The molecule has 2 aromatic carbocycles. The highest BCUT2D eigenvalue weighted by Gasteiger charge is 2.23. The van der Waals surface area contributed by atoms with Crippen molar-refractivity contribution in [3.63, 3.8) is 0 Å².